The summed E-state index contributed by atoms with van der Waals surface area (Å²) in [5.74, 6) is 1.19. The molecule has 2 aromatic carbocycles. The Morgan fingerprint density at radius 2 is 1.91 bits per heavy atom. The molecule has 180 valence electrons. The lowest BCUT2D eigenvalue weighted by atomic mass is 10.2. The lowest BCUT2D eigenvalue weighted by molar-refractivity contribution is -0.127. The van der Waals surface area contributed by atoms with Gasteiger partial charge < -0.3 is 14.8 Å². The number of esters is 1. The monoisotopic (exact) mass is 736 g/mol. The molecule has 1 heterocycles. The van der Waals surface area contributed by atoms with Gasteiger partial charge in [0.15, 0.2) is 0 Å². The number of carbonyl (C=O) groups excluding carboxylic acids is 4. The van der Waals surface area contributed by atoms with E-state index in [-0.39, 0.29) is 27.8 Å². The van der Waals surface area contributed by atoms with Crippen LogP contribution >= 0.6 is 68.5 Å². The highest BCUT2D eigenvalue weighted by Crippen LogP contribution is 2.35. The maximum Gasteiger partial charge on any atom is 0.339 e. The molecule has 8 nitrogen and oxygen atoms in total. The van der Waals surface area contributed by atoms with Crippen molar-refractivity contribution in [3.05, 3.63) is 58.5 Å². The zero-order chi connectivity index (χ0) is 25.7. The first kappa shape index (κ1) is 27.3. The number of terminal acetylenes is 1. The van der Waals surface area contributed by atoms with Crippen molar-refractivity contribution < 1.29 is 28.7 Å². The minimum absolute atomic E-state index is 0.0704. The SMILES string of the molecule is C#CCOc1c(I)cc(/C=C2\SC(=O)N(CC(=O)Nc3ccc(Cl)c(C(=O)OC)c3)C2=O)cc1I. The molecular weight excluding hydrogens is 722 g/mol. The normalized spacial score (nSPS) is 14.1. The zero-order valence-electron chi connectivity index (χ0n) is 17.9. The third-order valence-electron chi connectivity index (χ3n) is 4.45. The second-order valence-electron chi connectivity index (χ2n) is 6.81. The van der Waals surface area contributed by atoms with Crippen molar-refractivity contribution in [2.24, 2.45) is 0 Å². The number of thioether (sulfide) groups is 1. The fourth-order valence-corrected chi connectivity index (χ4v) is 6.08. The molecule has 3 rings (SSSR count). The second kappa shape index (κ2) is 12.1. The number of carbonyl (C=O) groups is 4. The van der Waals surface area contributed by atoms with Crippen molar-refractivity contribution in [1.82, 2.24) is 4.90 Å². The van der Waals surface area contributed by atoms with Gasteiger partial charge in [0.1, 0.15) is 18.9 Å². The summed E-state index contributed by atoms with van der Waals surface area (Å²) in [5, 5.41) is 2.14. The summed E-state index contributed by atoms with van der Waals surface area (Å²) in [6.07, 6.45) is 6.83. The Morgan fingerprint density at radius 1 is 1.23 bits per heavy atom. The van der Waals surface area contributed by atoms with Gasteiger partial charge in [-0.05, 0) is 98.9 Å². The van der Waals surface area contributed by atoms with Crippen molar-refractivity contribution in [3.8, 4) is 18.1 Å². The summed E-state index contributed by atoms with van der Waals surface area (Å²) < 4.78 is 11.8. The van der Waals surface area contributed by atoms with E-state index in [1.165, 1.54) is 25.3 Å². The highest BCUT2D eigenvalue weighted by Gasteiger charge is 2.36. The number of anilines is 1. The molecule has 0 radical (unpaired) electrons. The van der Waals surface area contributed by atoms with Crippen molar-refractivity contribution in [3.63, 3.8) is 0 Å². The van der Waals surface area contributed by atoms with Crippen LogP contribution in [-0.2, 0) is 14.3 Å². The molecule has 0 bridgehead atoms. The average Bonchev–Trinajstić information content (AvgIpc) is 3.06. The summed E-state index contributed by atoms with van der Waals surface area (Å²) in [5.41, 5.74) is 1.03. The van der Waals surface area contributed by atoms with E-state index in [4.69, 9.17) is 22.8 Å². The van der Waals surface area contributed by atoms with E-state index in [1.54, 1.807) is 18.2 Å². The number of rotatable bonds is 7. The quantitative estimate of drug-likeness (QED) is 0.185. The number of nitrogens with zero attached hydrogens (tertiary/aromatic N) is 1. The molecule has 1 fully saturated rings. The summed E-state index contributed by atoms with van der Waals surface area (Å²) >= 11 is 10.9. The Hall–Kier alpha value is -2.28. The first-order valence-corrected chi connectivity index (χ1v) is 13.0. The predicted octanol–water partition coefficient (Wildman–Crippen LogP) is 5.02. The smallest absolute Gasteiger partial charge is 0.339 e. The van der Waals surface area contributed by atoms with Crippen LogP contribution in [0.1, 0.15) is 15.9 Å². The minimum Gasteiger partial charge on any atom is -0.479 e. The van der Waals surface area contributed by atoms with Gasteiger partial charge in [-0.25, -0.2) is 4.79 Å². The molecular formula is C23H15ClI2N2O6S. The average molecular weight is 737 g/mol. The van der Waals surface area contributed by atoms with Crippen molar-refractivity contribution >= 4 is 103 Å². The highest BCUT2D eigenvalue weighted by atomic mass is 127. The van der Waals surface area contributed by atoms with Crippen molar-refractivity contribution in [1.29, 1.82) is 0 Å². The number of ether oxygens (including phenoxy) is 2. The molecule has 0 aromatic heterocycles. The third-order valence-corrected chi connectivity index (χ3v) is 7.29. The first-order valence-electron chi connectivity index (χ1n) is 9.63. The van der Waals surface area contributed by atoms with Gasteiger partial charge >= 0.3 is 5.97 Å². The van der Waals surface area contributed by atoms with E-state index in [9.17, 15) is 19.2 Å². The van der Waals surface area contributed by atoms with Crippen LogP contribution in [0.4, 0.5) is 10.5 Å². The molecule has 1 N–H and O–H groups in total. The minimum atomic E-state index is -0.665. The van der Waals surface area contributed by atoms with Gasteiger partial charge in [-0.2, -0.15) is 0 Å². The van der Waals surface area contributed by atoms with Gasteiger partial charge in [-0.3, -0.25) is 19.3 Å². The number of amides is 3. The predicted molar refractivity (Wildman–Crippen MR) is 150 cm³/mol. The molecule has 0 saturated carbocycles. The molecule has 0 spiro atoms. The van der Waals surface area contributed by atoms with Crippen LogP contribution in [0.3, 0.4) is 0 Å². The maximum atomic E-state index is 12.8. The molecule has 3 amide bonds. The molecule has 0 atom stereocenters. The fraction of sp³-hybridized carbons (Fsp3) is 0.130. The summed E-state index contributed by atoms with van der Waals surface area (Å²) in [6, 6.07) is 7.86. The van der Waals surface area contributed by atoms with Gasteiger partial charge in [0, 0.05) is 5.69 Å². The van der Waals surface area contributed by atoms with Crippen LogP contribution in [0.25, 0.3) is 6.08 Å². The first-order chi connectivity index (χ1) is 16.6. The molecule has 2 aromatic rings. The van der Waals surface area contributed by atoms with Gasteiger partial charge in [-0.15, -0.1) is 6.42 Å². The third kappa shape index (κ3) is 6.69. The molecule has 0 aliphatic carbocycles. The van der Waals surface area contributed by atoms with E-state index in [1.807, 2.05) is 0 Å². The zero-order valence-corrected chi connectivity index (χ0v) is 23.8. The topological polar surface area (TPSA) is 102 Å². The Morgan fingerprint density at radius 3 is 2.54 bits per heavy atom. The van der Waals surface area contributed by atoms with Crippen molar-refractivity contribution in [2.45, 2.75) is 0 Å². The van der Waals surface area contributed by atoms with E-state index in [0.29, 0.717) is 11.3 Å². The lowest BCUT2D eigenvalue weighted by Crippen LogP contribution is -2.36. The second-order valence-corrected chi connectivity index (χ2v) is 10.5. The van der Waals surface area contributed by atoms with Gasteiger partial charge in [0.05, 0.1) is 29.7 Å². The molecule has 1 saturated heterocycles. The number of imide groups is 1. The van der Waals surface area contributed by atoms with E-state index in [2.05, 4.69) is 61.2 Å². The number of methoxy groups -OCH3 is 1. The van der Waals surface area contributed by atoms with Crippen LogP contribution in [0, 0.1) is 19.5 Å². The Bertz CT molecular complexity index is 1280. The Labute approximate surface area is 237 Å². The van der Waals surface area contributed by atoms with E-state index >= 15 is 0 Å². The molecule has 35 heavy (non-hydrogen) atoms. The summed E-state index contributed by atoms with van der Waals surface area (Å²) in [4.78, 5) is 50.6. The summed E-state index contributed by atoms with van der Waals surface area (Å²) in [6.45, 7) is -0.363. The number of halogens is 3. The van der Waals surface area contributed by atoms with Crippen LogP contribution in [0.5, 0.6) is 5.75 Å². The Balaban J connectivity index is 1.73. The highest BCUT2D eigenvalue weighted by molar-refractivity contribution is 14.1. The van der Waals surface area contributed by atoms with Crippen LogP contribution in [-0.4, -0.2) is 48.2 Å². The van der Waals surface area contributed by atoms with Crippen LogP contribution in [0.2, 0.25) is 5.02 Å². The fourth-order valence-electron chi connectivity index (χ4n) is 2.92. The molecule has 1 aliphatic heterocycles. The standard InChI is InChI=1S/C23H15ClI2N2O6S/c1-3-6-34-20-16(25)7-12(8-17(20)26)9-18-21(30)28(23(32)35-18)11-19(29)27-13-4-5-15(24)14(10-13)22(31)33-2/h1,4-5,7-10H,6,11H2,2H3,(H,27,29)/b18-9-. The number of nitrogens with one attached hydrogen (secondary N) is 1. The maximum absolute atomic E-state index is 12.8. The van der Waals surface area contributed by atoms with Gasteiger partial charge in [0.25, 0.3) is 11.1 Å². The van der Waals surface area contributed by atoms with Gasteiger partial charge in [-0.1, -0.05) is 17.5 Å². The number of hydrogen-bond acceptors (Lipinski definition) is 7. The van der Waals surface area contributed by atoms with E-state index in [0.717, 1.165) is 23.8 Å². The van der Waals surface area contributed by atoms with Gasteiger partial charge in [0.2, 0.25) is 5.91 Å². The number of hydrogen-bond donors (Lipinski definition) is 1. The lowest BCUT2D eigenvalue weighted by Gasteiger charge is -2.13. The Kier molecular flexibility index (Phi) is 9.45. The van der Waals surface area contributed by atoms with Crippen LogP contribution in [0.15, 0.2) is 35.2 Å². The molecule has 0 unspecified atom stereocenters. The molecule has 12 heteroatoms. The number of benzene rings is 2. The largest absolute Gasteiger partial charge is 0.479 e. The van der Waals surface area contributed by atoms with Crippen molar-refractivity contribution in [2.75, 3.05) is 25.6 Å². The van der Waals surface area contributed by atoms with E-state index < -0.39 is 29.6 Å². The van der Waals surface area contributed by atoms with Crippen LogP contribution < -0.4 is 10.1 Å². The summed E-state index contributed by atoms with van der Waals surface area (Å²) in [7, 11) is 1.21. The molecule has 1 aliphatic rings.